The van der Waals surface area contributed by atoms with Crippen LogP contribution in [0.25, 0.3) is 22.1 Å². The number of carbonyl (C=O) groups is 2. The highest BCUT2D eigenvalue weighted by Gasteiger charge is 2.22. The minimum absolute atomic E-state index is 0.0976. The predicted molar refractivity (Wildman–Crippen MR) is 162 cm³/mol. The van der Waals surface area contributed by atoms with Crippen LogP contribution in [-0.4, -0.2) is 41.0 Å². The number of ether oxygens (including phenoxy) is 1. The number of rotatable bonds is 9. The number of hydrogen-bond acceptors (Lipinski definition) is 6. The molecule has 2 aromatic heterocycles. The molecule has 0 unspecified atom stereocenters. The summed E-state index contributed by atoms with van der Waals surface area (Å²) in [5.41, 5.74) is 5.16. The van der Waals surface area contributed by atoms with E-state index in [1.165, 1.54) is 12.1 Å². The van der Waals surface area contributed by atoms with Crippen LogP contribution in [0.1, 0.15) is 50.4 Å². The molecule has 43 heavy (non-hydrogen) atoms. The Bertz CT molecular complexity index is 1770. The molecule has 3 heterocycles. The van der Waals surface area contributed by atoms with Crippen molar-refractivity contribution >= 4 is 28.5 Å². The second-order valence-corrected chi connectivity index (χ2v) is 10.9. The lowest BCUT2D eigenvalue weighted by Gasteiger charge is -2.32. The van der Waals surface area contributed by atoms with Gasteiger partial charge in [0.2, 0.25) is 5.78 Å². The summed E-state index contributed by atoms with van der Waals surface area (Å²) < 4.78 is 25.4. The summed E-state index contributed by atoms with van der Waals surface area (Å²) in [6.45, 7) is 3.86. The highest BCUT2D eigenvalue weighted by atomic mass is 19.1. The number of aryl methyl sites for hydroxylation is 1. The van der Waals surface area contributed by atoms with Crippen molar-refractivity contribution in [1.82, 2.24) is 4.98 Å². The van der Waals surface area contributed by atoms with Gasteiger partial charge in [-0.15, -0.1) is 0 Å². The van der Waals surface area contributed by atoms with Gasteiger partial charge >= 0.3 is 5.97 Å². The first-order valence-electron chi connectivity index (χ1n) is 14.3. The molecule has 3 aromatic carbocycles. The van der Waals surface area contributed by atoms with Crippen LogP contribution in [0.2, 0.25) is 0 Å². The van der Waals surface area contributed by atoms with Crippen LogP contribution in [0.4, 0.5) is 10.2 Å². The number of ketones is 1. The fourth-order valence-corrected chi connectivity index (χ4v) is 5.54. The van der Waals surface area contributed by atoms with Gasteiger partial charge in [-0.2, -0.15) is 0 Å². The summed E-state index contributed by atoms with van der Waals surface area (Å²) in [7, 11) is 0. The van der Waals surface area contributed by atoms with Gasteiger partial charge in [0.1, 0.15) is 17.2 Å². The Morgan fingerprint density at radius 1 is 0.977 bits per heavy atom. The molecule has 0 spiro atoms. The molecule has 1 aliphatic rings. The van der Waals surface area contributed by atoms with Gasteiger partial charge < -0.3 is 19.2 Å². The van der Waals surface area contributed by atoms with Crippen molar-refractivity contribution in [3.8, 4) is 11.1 Å². The number of Topliss-reactive ketones (excluding diaryl/α,β-unsaturated/α-hetero) is 1. The molecule has 0 radical (unpaired) electrons. The first-order valence-corrected chi connectivity index (χ1v) is 14.3. The van der Waals surface area contributed by atoms with Crippen molar-refractivity contribution in [2.24, 2.45) is 0 Å². The van der Waals surface area contributed by atoms with Crippen LogP contribution < -0.4 is 4.90 Å². The fraction of sp³-hybridized carbons (Fsp3) is 0.229. The van der Waals surface area contributed by atoms with Gasteiger partial charge in [0, 0.05) is 36.7 Å². The number of benzene rings is 3. The third-order valence-electron chi connectivity index (χ3n) is 7.97. The van der Waals surface area contributed by atoms with E-state index in [-0.39, 0.29) is 29.7 Å². The first kappa shape index (κ1) is 28.3. The second kappa shape index (κ2) is 12.2. The Kier molecular flexibility index (Phi) is 8.03. The number of pyridine rings is 1. The SMILES string of the molecule is Cc1c(C(=O)Cc2ccc(N3CCC(OCc4cccc(C(=O)O)c4)CC3)nc2)oc2ccc(-c3ccc(F)cc3)cc12. The maximum atomic E-state index is 13.3. The summed E-state index contributed by atoms with van der Waals surface area (Å²) in [5.74, 6) is -0.142. The molecule has 8 heteroatoms. The van der Waals surface area contributed by atoms with Crippen molar-refractivity contribution in [3.63, 3.8) is 0 Å². The van der Waals surface area contributed by atoms with Crippen LogP contribution in [0.3, 0.4) is 0 Å². The normalized spacial score (nSPS) is 13.9. The molecular formula is C35H31FN2O5. The number of carboxylic acid groups (broad SMARTS) is 1. The highest BCUT2D eigenvalue weighted by molar-refractivity contribution is 6.02. The molecule has 218 valence electrons. The van der Waals surface area contributed by atoms with E-state index < -0.39 is 5.97 Å². The number of fused-ring (bicyclic) bond motifs is 1. The van der Waals surface area contributed by atoms with E-state index in [2.05, 4.69) is 9.88 Å². The molecule has 5 aromatic rings. The van der Waals surface area contributed by atoms with E-state index >= 15 is 0 Å². The molecule has 0 amide bonds. The quantitative estimate of drug-likeness (QED) is 0.184. The molecular weight excluding hydrogens is 547 g/mol. The summed E-state index contributed by atoms with van der Waals surface area (Å²) >= 11 is 0. The predicted octanol–water partition coefficient (Wildman–Crippen LogP) is 7.25. The van der Waals surface area contributed by atoms with Gasteiger partial charge in [-0.3, -0.25) is 4.79 Å². The zero-order valence-electron chi connectivity index (χ0n) is 23.8. The van der Waals surface area contributed by atoms with E-state index in [0.29, 0.717) is 18.0 Å². The molecule has 0 bridgehead atoms. The van der Waals surface area contributed by atoms with Crippen LogP contribution in [-0.2, 0) is 17.8 Å². The van der Waals surface area contributed by atoms with Gasteiger partial charge in [-0.1, -0.05) is 36.4 Å². The van der Waals surface area contributed by atoms with Gasteiger partial charge in [0.05, 0.1) is 18.3 Å². The Labute approximate surface area is 248 Å². The Morgan fingerprint density at radius 2 is 1.74 bits per heavy atom. The third-order valence-corrected chi connectivity index (χ3v) is 7.97. The molecule has 0 saturated carbocycles. The van der Waals surface area contributed by atoms with Crippen LogP contribution in [0.5, 0.6) is 0 Å². The zero-order chi connectivity index (χ0) is 29.9. The fourth-order valence-electron chi connectivity index (χ4n) is 5.54. The summed E-state index contributed by atoms with van der Waals surface area (Å²) in [6, 6.07) is 22.8. The first-order chi connectivity index (χ1) is 20.8. The number of nitrogens with zero attached hydrogens (tertiary/aromatic N) is 2. The number of furan rings is 1. The van der Waals surface area contributed by atoms with Crippen molar-refractivity contribution in [1.29, 1.82) is 0 Å². The molecule has 0 atom stereocenters. The number of hydrogen-bond donors (Lipinski definition) is 1. The van der Waals surface area contributed by atoms with E-state index in [4.69, 9.17) is 9.15 Å². The molecule has 0 aliphatic carbocycles. The standard InChI is InChI=1S/C35H31FN2O5/c1-22-30-19-26(25-6-9-28(36)10-7-25)8-11-32(30)43-34(22)31(39)18-23-5-12-33(37-20-23)38-15-13-29(14-16-38)42-21-24-3-2-4-27(17-24)35(40)41/h2-12,17,19-20,29H,13-16,18,21H2,1H3,(H,40,41). The lowest BCUT2D eigenvalue weighted by atomic mass is 10.0. The maximum Gasteiger partial charge on any atom is 0.335 e. The number of carbonyl (C=O) groups excluding carboxylic acids is 1. The summed E-state index contributed by atoms with van der Waals surface area (Å²) in [5, 5.41) is 10.0. The van der Waals surface area contributed by atoms with Gasteiger partial charge in [0.15, 0.2) is 5.76 Å². The number of anilines is 1. The average molecular weight is 579 g/mol. The summed E-state index contributed by atoms with van der Waals surface area (Å²) in [4.78, 5) is 31.2. The Hall–Kier alpha value is -4.82. The molecule has 1 saturated heterocycles. The molecule has 1 aliphatic heterocycles. The number of carboxylic acids is 1. The highest BCUT2D eigenvalue weighted by Crippen LogP contribution is 2.31. The third kappa shape index (κ3) is 6.34. The Morgan fingerprint density at radius 3 is 2.47 bits per heavy atom. The van der Waals surface area contributed by atoms with E-state index in [9.17, 15) is 19.1 Å². The number of halogens is 1. The summed E-state index contributed by atoms with van der Waals surface area (Å²) in [6.07, 6.45) is 3.71. The van der Waals surface area contributed by atoms with E-state index in [1.54, 1.807) is 36.5 Å². The molecule has 6 rings (SSSR count). The molecule has 7 nitrogen and oxygen atoms in total. The minimum atomic E-state index is -0.944. The van der Waals surface area contributed by atoms with E-state index in [0.717, 1.165) is 65.0 Å². The van der Waals surface area contributed by atoms with Crippen LogP contribution in [0, 0.1) is 12.7 Å². The van der Waals surface area contributed by atoms with Gasteiger partial charge in [-0.05, 0) is 84.5 Å². The van der Waals surface area contributed by atoms with Crippen molar-refractivity contribution in [3.05, 3.63) is 119 Å². The molecule has 1 fully saturated rings. The minimum Gasteiger partial charge on any atom is -0.478 e. The molecule has 1 N–H and O–H groups in total. The van der Waals surface area contributed by atoms with Crippen molar-refractivity contribution < 1.29 is 28.2 Å². The largest absolute Gasteiger partial charge is 0.478 e. The number of aromatic nitrogens is 1. The van der Waals surface area contributed by atoms with E-state index in [1.807, 2.05) is 43.3 Å². The lowest BCUT2D eigenvalue weighted by Crippen LogP contribution is -2.37. The van der Waals surface area contributed by atoms with Gasteiger partial charge in [-0.25, -0.2) is 14.2 Å². The number of aromatic carboxylic acids is 1. The topological polar surface area (TPSA) is 92.9 Å². The lowest BCUT2D eigenvalue weighted by molar-refractivity contribution is 0.0250. The van der Waals surface area contributed by atoms with Crippen molar-refractivity contribution in [2.45, 2.75) is 38.9 Å². The van der Waals surface area contributed by atoms with Crippen LogP contribution >= 0.6 is 0 Å². The zero-order valence-corrected chi connectivity index (χ0v) is 23.8. The second-order valence-electron chi connectivity index (χ2n) is 10.9. The smallest absolute Gasteiger partial charge is 0.335 e. The van der Waals surface area contributed by atoms with Gasteiger partial charge in [0.25, 0.3) is 0 Å². The maximum absolute atomic E-state index is 13.3. The average Bonchev–Trinajstić information content (AvgIpc) is 3.37. The Balaban J connectivity index is 1.04. The number of piperidine rings is 1. The van der Waals surface area contributed by atoms with Crippen molar-refractivity contribution in [2.75, 3.05) is 18.0 Å². The van der Waals surface area contributed by atoms with Crippen LogP contribution in [0.15, 0.2) is 89.5 Å². The monoisotopic (exact) mass is 578 g/mol.